The number of hydrogen-bond donors (Lipinski definition) is 1. The Hall–Kier alpha value is -0.820. The van der Waals surface area contributed by atoms with Crippen LogP contribution in [0.3, 0.4) is 0 Å². The average molecular weight is 259 g/mol. The first kappa shape index (κ1) is 14.6. The zero-order valence-electron chi connectivity index (χ0n) is 13.0. The molecule has 1 heteroatoms. The van der Waals surface area contributed by atoms with E-state index in [1.54, 1.807) is 0 Å². The van der Waals surface area contributed by atoms with Gasteiger partial charge in [-0.1, -0.05) is 49.1 Å². The third-order valence-corrected chi connectivity index (χ3v) is 4.74. The van der Waals surface area contributed by atoms with Crippen molar-refractivity contribution < 1.29 is 0 Å². The normalized spacial score (nSPS) is 25.3. The molecule has 1 aliphatic carbocycles. The van der Waals surface area contributed by atoms with Crippen LogP contribution in [-0.4, -0.2) is 13.1 Å². The molecule has 106 valence electrons. The molecule has 1 N–H and O–H groups in total. The Morgan fingerprint density at radius 2 is 1.63 bits per heavy atom. The van der Waals surface area contributed by atoms with Crippen LogP contribution in [0.2, 0.25) is 0 Å². The Kier molecular flexibility index (Phi) is 5.04. The summed E-state index contributed by atoms with van der Waals surface area (Å²) in [6, 6.07) is 7.61. The molecular weight excluding hydrogens is 230 g/mol. The molecule has 0 radical (unpaired) electrons. The van der Waals surface area contributed by atoms with Crippen molar-refractivity contribution in [2.45, 2.75) is 58.9 Å². The van der Waals surface area contributed by atoms with Crippen LogP contribution in [0.5, 0.6) is 0 Å². The van der Waals surface area contributed by atoms with E-state index in [4.69, 9.17) is 0 Å². The van der Waals surface area contributed by atoms with Crippen molar-refractivity contribution in [2.75, 3.05) is 7.05 Å². The molecule has 0 saturated heterocycles. The predicted octanol–water partition coefficient (Wildman–Crippen LogP) is 4.26. The summed E-state index contributed by atoms with van der Waals surface area (Å²) in [4.78, 5) is 0. The highest BCUT2D eigenvalue weighted by Gasteiger charge is 2.25. The number of hydrogen-bond acceptors (Lipinski definition) is 1. The van der Waals surface area contributed by atoms with Gasteiger partial charge in [0.05, 0.1) is 0 Å². The second-order valence-electron chi connectivity index (χ2n) is 6.62. The molecule has 0 aliphatic heterocycles. The van der Waals surface area contributed by atoms with Gasteiger partial charge < -0.3 is 5.32 Å². The van der Waals surface area contributed by atoms with Crippen LogP contribution in [0.25, 0.3) is 0 Å². The molecule has 1 aromatic rings. The van der Waals surface area contributed by atoms with E-state index in [-0.39, 0.29) is 0 Å². The summed E-state index contributed by atoms with van der Waals surface area (Å²) < 4.78 is 0. The summed E-state index contributed by atoms with van der Waals surface area (Å²) in [7, 11) is 2.13. The zero-order chi connectivity index (χ0) is 13.8. The van der Waals surface area contributed by atoms with Crippen LogP contribution in [-0.2, 0) is 6.42 Å². The van der Waals surface area contributed by atoms with Crippen molar-refractivity contribution >= 4 is 0 Å². The van der Waals surface area contributed by atoms with Crippen LogP contribution >= 0.6 is 0 Å². The molecule has 0 bridgehead atoms. The summed E-state index contributed by atoms with van der Waals surface area (Å²) in [6.45, 7) is 6.80. The maximum atomic E-state index is 3.57. The van der Waals surface area contributed by atoms with Crippen LogP contribution in [0.1, 0.15) is 49.3 Å². The SMILES string of the molecule is CNC(Cc1cc(C)cc(C)c1)C1CCC(C)CC1. The molecule has 1 aliphatic rings. The van der Waals surface area contributed by atoms with Gasteiger partial charge >= 0.3 is 0 Å². The van der Waals surface area contributed by atoms with Gasteiger partial charge in [0.25, 0.3) is 0 Å². The molecule has 1 saturated carbocycles. The first-order chi connectivity index (χ1) is 9.08. The molecule has 19 heavy (non-hydrogen) atoms. The molecule has 1 atom stereocenters. The van der Waals surface area contributed by atoms with Crippen LogP contribution in [0, 0.1) is 25.7 Å². The minimum atomic E-state index is 0.647. The summed E-state index contributed by atoms with van der Waals surface area (Å²) in [5.41, 5.74) is 4.28. The maximum Gasteiger partial charge on any atom is 0.0133 e. The van der Waals surface area contributed by atoms with Crippen molar-refractivity contribution in [3.8, 4) is 0 Å². The van der Waals surface area contributed by atoms with Gasteiger partial charge in [-0.3, -0.25) is 0 Å². The fourth-order valence-corrected chi connectivity index (χ4v) is 3.63. The Labute approximate surface area is 118 Å². The number of likely N-dealkylation sites (N-methyl/N-ethyl adjacent to an activating group) is 1. The molecule has 1 aromatic carbocycles. The van der Waals surface area contributed by atoms with Crippen molar-refractivity contribution in [1.29, 1.82) is 0 Å². The smallest absolute Gasteiger partial charge is 0.0133 e. The second-order valence-corrected chi connectivity index (χ2v) is 6.62. The van der Waals surface area contributed by atoms with E-state index in [0.717, 1.165) is 11.8 Å². The highest BCUT2D eigenvalue weighted by molar-refractivity contribution is 5.29. The fourth-order valence-electron chi connectivity index (χ4n) is 3.63. The first-order valence-corrected chi connectivity index (χ1v) is 7.83. The van der Waals surface area contributed by atoms with Gasteiger partial charge in [-0.15, -0.1) is 0 Å². The average Bonchev–Trinajstić information content (AvgIpc) is 2.36. The first-order valence-electron chi connectivity index (χ1n) is 7.83. The Morgan fingerprint density at radius 3 is 2.16 bits per heavy atom. The number of aryl methyl sites for hydroxylation is 2. The van der Waals surface area contributed by atoms with E-state index < -0.39 is 0 Å². The van der Waals surface area contributed by atoms with Crippen molar-refractivity contribution in [3.05, 3.63) is 34.9 Å². The fraction of sp³-hybridized carbons (Fsp3) is 0.667. The quantitative estimate of drug-likeness (QED) is 0.852. The lowest BCUT2D eigenvalue weighted by Crippen LogP contribution is -2.37. The van der Waals surface area contributed by atoms with E-state index in [0.29, 0.717) is 6.04 Å². The minimum absolute atomic E-state index is 0.647. The van der Waals surface area contributed by atoms with Crippen LogP contribution in [0.15, 0.2) is 18.2 Å². The van der Waals surface area contributed by atoms with Gasteiger partial charge in [0.15, 0.2) is 0 Å². The monoisotopic (exact) mass is 259 g/mol. The molecule has 1 nitrogen and oxygen atoms in total. The highest BCUT2D eigenvalue weighted by Crippen LogP contribution is 2.31. The number of benzene rings is 1. The van der Waals surface area contributed by atoms with E-state index in [1.807, 2.05) is 0 Å². The molecule has 1 fully saturated rings. The zero-order valence-corrected chi connectivity index (χ0v) is 13.0. The lowest BCUT2D eigenvalue weighted by Gasteiger charge is -2.33. The molecule has 2 rings (SSSR count). The Balaban J connectivity index is 2.02. The summed E-state index contributed by atoms with van der Waals surface area (Å²) in [5, 5.41) is 3.57. The van der Waals surface area contributed by atoms with E-state index in [1.165, 1.54) is 48.8 Å². The van der Waals surface area contributed by atoms with Crippen molar-refractivity contribution in [2.24, 2.45) is 11.8 Å². The topological polar surface area (TPSA) is 12.0 Å². The van der Waals surface area contributed by atoms with Gasteiger partial charge in [-0.25, -0.2) is 0 Å². The molecule has 0 aromatic heterocycles. The largest absolute Gasteiger partial charge is 0.316 e. The molecule has 0 amide bonds. The molecular formula is C18H29N. The highest BCUT2D eigenvalue weighted by atomic mass is 14.9. The lowest BCUT2D eigenvalue weighted by molar-refractivity contribution is 0.235. The van der Waals surface area contributed by atoms with E-state index >= 15 is 0 Å². The van der Waals surface area contributed by atoms with Gasteiger partial charge in [-0.05, 0) is 57.6 Å². The summed E-state index contributed by atoms with van der Waals surface area (Å²) in [6.07, 6.45) is 6.80. The molecule has 0 heterocycles. The van der Waals surface area contributed by atoms with Crippen LogP contribution in [0.4, 0.5) is 0 Å². The standard InChI is InChI=1S/C18H29N/c1-13-5-7-17(8-6-13)18(19-4)12-16-10-14(2)9-15(3)11-16/h9-11,13,17-19H,5-8,12H2,1-4H3. The van der Waals surface area contributed by atoms with Crippen LogP contribution < -0.4 is 5.32 Å². The maximum absolute atomic E-state index is 3.57. The number of rotatable bonds is 4. The summed E-state index contributed by atoms with van der Waals surface area (Å²) >= 11 is 0. The third-order valence-electron chi connectivity index (χ3n) is 4.74. The van der Waals surface area contributed by atoms with Gasteiger partial charge in [0.1, 0.15) is 0 Å². The predicted molar refractivity (Wildman–Crippen MR) is 83.6 cm³/mol. The Bertz CT molecular complexity index is 382. The van der Waals surface area contributed by atoms with Crippen molar-refractivity contribution in [1.82, 2.24) is 5.32 Å². The van der Waals surface area contributed by atoms with E-state index in [2.05, 4.69) is 51.3 Å². The van der Waals surface area contributed by atoms with E-state index in [9.17, 15) is 0 Å². The van der Waals surface area contributed by atoms with Gasteiger partial charge in [0, 0.05) is 6.04 Å². The van der Waals surface area contributed by atoms with Gasteiger partial charge in [-0.2, -0.15) is 0 Å². The summed E-state index contributed by atoms with van der Waals surface area (Å²) in [5.74, 6) is 1.80. The molecule has 1 unspecified atom stereocenters. The van der Waals surface area contributed by atoms with Gasteiger partial charge in [0.2, 0.25) is 0 Å². The Morgan fingerprint density at radius 1 is 1.05 bits per heavy atom. The molecule has 0 spiro atoms. The third kappa shape index (κ3) is 4.07. The minimum Gasteiger partial charge on any atom is -0.316 e. The second kappa shape index (κ2) is 6.56. The number of nitrogens with one attached hydrogen (secondary N) is 1. The lowest BCUT2D eigenvalue weighted by atomic mass is 9.77. The van der Waals surface area contributed by atoms with Crippen molar-refractivity contribution in [3.63, 3.8) is 0 Å².